The van der Waals surface area contributed by atoms with Crippen molar-refractivity contribution in [3.05, 3.63) is 18.2 Å². The molecule has 0 fully saturated rings. The molecule has 1 rings (SSSR count). The van der Waals surface area contributed by atoms with Gasteiger partial charge in [-0.15, -0.1) is 0 Å². The summed E-state index contributed by atoms with van der Waals surface area (Å²) in [5.41, 5.74) is 1.25. The molecule has 0 aromatic carbocycles. The van der Waals surface area contributed by atoms with Gasteiger partial charge in [-0.1, -0.05) is 0 Å². The van der Waals surface area contributed by atoms with Gasteiger partial charge in [0.2, 0.25) is 6.33 Å². The van der Waals surface area contributed by atoms with Crippen molar-refractivity contribution >= 4 is 0 Å². The van der Waals surface area contributed by atoms with Crippen LogP contribution in [0.15, 0.2) is 12.5 Å². The molecule has 0 radical (unpaired) electrons. The largest absolute Gasteiger partial charge is 0.250 e. The van der Waals surface area contributed by atoms with Crippen molar-refractivity contribution in [3.63, 3.8) is 0 Å². The number of nitrogens with one attached hydrogen (secondary N) is 1. The highest BCUT2D eigenvalue weighted by atomic mass is 15.0. The average molecular weight is 97.1 g/mol. The summed E-state index contributed by atoms with van der Waals surface area (Å²) in [6.07, 6.45) is 3.87. The van der Waals surface area contributed by atoms with Crippen LogP contribution >= 0.6 is 0 Å². The van der Waals surface area contributed by atoms with Gasteiger partial charge >= 0.3 is 0 Å². The summed E-state index contributed by atoms with van der Waals surface area (Å²) in [6.45, 7) is 2.05. The predicted molar refractivity (Wildman–Crippen MR) is 26.7 cm³/mol. The molecule has 0 atom stereocenters. The SMILES string of the molecule is Cc1c[nH]c[n+]1C. The first-order valence-corrected chi connectivity index (χ1v) is 2.30. The molecule has 1 aromatic rings. The highest BCUT2D eigenvalue weighted by Crippen LogP contribution is 1.78. The van der Waals surface area contributed by atoms with Crippen LogP contribution in [0.2, 0.25) is 0 Å². The lowest BCUT2D eigenvalue weighted by Gasteiger charge is -1.77. The Kier molecular flexibility index (Phi) is 0.855. The van der Waals surface area contributed by atoms with Gasteiger partial charge in [-0.05, 0) is 0 Å². The summed E-state index contributed by atoms with van der Waals surface area (Å²) in [6, 6.07) is 0. The highest BCUT2D eigenvalue weighted by Gasteiger charge is 1.92. The smallest absolute Gasteiger partial charge is 0.241 e. The van der Waals surface area contributed by atoms with Crippen LogP contribution in [0, 0.1) is 6.92 Å². The fourth-order valence-electron chi connectivity index (χ4n) is 0.473. The molecule has 1 heterocycles. The lowest BCUT2D eigenvalue weighted by molar-refractivity contribution is -0.676. The summed E-state index contributed by atoms with van der Waals surface area (Å²) < 4.78 is 2.03. The number of aryl methyl sites for hydroxylation is 2. The first kappa shape index (κ1) is 4.37. The summed E-state index contributed by atoms with van der Waals surface area (Å²) in [5, 5.41) is 0. The molecule has 0 unspecified atom stereocenters. The Hall–Kier alpha value is -0.790. The maximum absolute atomic E-state index is 2.96. The van der Waals surface area contributed by atoms with Crippen LogP contribution in [0.4, 0.5) is 0 Å². The van der Waals surface area contributed by atoms with Crippen molar-refractivity contribution in [2.45, 2.75) is 6.92 Å². The number of H-pyrrole nitrogens is 1. The minimum absolute atomic E-state index is 1.25. The second-order valence-corrected chi connectivity index (χ2v) is 1.69. The Balaban J connectivity index is 3.12. The van der Waals surface area contributed by atoms with Gasteiger partial charge in [-0.2, -0.15) is 0 Å². The number of aromatic nitrogens is 2. The van der Waals surface area contributed by atoms with Gasteiger partial charge in [0.15, 0.2) is 0 Å². The lowest BCUT2D eigenvalue weighted by Crippen LogP contribution is -2.27. The van der Waals surface area contributed by atoms with Gasteiger partial charge in [0.05, 0.1) is 7.05 Å². The van der Waals surface area contributed by atoms with E-state index in [9.17, 15) is 0 Å². The monoisotopic (exact) mass is 97.1 g/mol. The van der Waals surface area contributed by atoms with Crippen molar-refractivity contribution in [2.24, 2.45) is 7.05 Å². The Bertz CT molecular complexity index is 138. The van der Waals surface area contributed by atoms with Gasteiger partial charge in [-0.3, -0.25) is 0 Å². The molecule has 0 bridgehead atoms. The highest BCUT2D eigenvalue weighted by molar-refractivity contribution is 4.78. The zero-order chi connectivity index (χ0) is 5.28. The molecule has 0 aliphatic heterocycles. The molecule has 38 valence electrons. The van der Waals surface area contributed by atoms with Crippen molar-refractivity contribution in [3.8, 4) is 0 Å². The number of rotatable bonds is 0. The van der Waals surface area contributed by atoms with Crippen LogP contribution in [0.25, 0.3) is 0 Å². The molecule has 1 aromatic heterocycles. The molecule has 0 saturated heterocycles. The third kappa shape index (κ3) is 0.633. The normalized spacial score (nSPS) is 9.43. The van der Waals surface area contributed by atoms with E-state index in [1.807, 2.05) is 24.1 Å². The molecule has 0 spiro atoms. The van der Waals surface area contributed by atoms with E-state index in [4.69, 9.17) is 0 Å². The summed E-state index contributed by atoms with van der Waals surface area (Å²) >= 11 is 0. The molecule has 2 heteroatoms. The molecule has 7 heavy (non-hydrogen) atoms. The topological polar surface area (TPSA) is 19.7 Å². The van der Waals surface area contributed by atoms with Gasteiger partial charge in [0, 0.05) is 6.92 Å². The molecule has 0 saturated carbocycles. The van der Waals surface area contributed by atoms with E-state index in [0.717, 1.165) is 0 Å². The van der Waals surface area contributed by atoms with Crippen molar-refractivity contribution in [1.29, 1.82) is 0 Å². The maximum atomic E-state index is 2.96. The molecule has 0 aliphatic carbocycles. The minimum atomic E-state index is 1.25. The number of aromatic amines is 1. The van der Waals surface area contributed by atoms with Gasteiger partial charge in [0.1, 0.15) is 11.9 Å². The van der Waals surface area contributed by atoms with Crippen LogP contribution in [0.5, 0.6) is 0 Å². The predicted octanol–water partition coefficient (Wildman–Crippen LogP) is 0.148. The first-order chi connectivity index (χ1) is 3.30. The Morgan fingerprint density at radius 3 is 2.57 bits per heavy atom. The van der Waals surface area contributed by atoms with E-state index in [-0.39, 0.29) is 0 Å². The second kappa shape index (κ2) is 1.37. The van der Waals surface area contributed by atoms with Crippen LogP contribution in [-0.2, 0) is 7.05 Å². The first-order valence-electron chi connectivity index (χ1n) is 2.30. The summed E-state index contributed by atoms with van der Waals surface area (Å²) in [7, 11) is 2.01. The summed E-state index contributed by atoms with van der Waals surface area (Å²) in [5.74, 6) is 0. The van der Waals surface area contributed by atoms with Crippen molar-refractivity contribution in [1.82, 2.24) is 4.98 Å². The van der Waals surface area contributed by atoms with E-state index in [1.54, 1.807) is 0 Å². The average Bonchev–Trinajstić information content (AvgIpc) is 1.91. The van der Waals surface area contributed by atoms with E-state index < -0.39 is 0 Å². The van der Waals surface area contributed by atoms with Crippen LogP contribution < -0.4 is 4.57 Å². The zero-order valence-electron chi connectivity index (χ0n) is 4.60. The quantitative estimate of drug-likeness (QED) is 0.444. The zero-order valence-corrected chi connectivity index (χ0v) is 4.60. The second-order valence-electron chi connectivity index (χ2n) is 1.69. The molecule has 1 N–H and O–H groups in total. The molecule has 2 nitrogen and oxygen atoms in total. The van der Waals surface area contributed by atoms with Gasteiger partial charge in [0.25, 0.3) is 0 Å². The molecular formula is C5H9N2+. The molecule has 0 amide bonds. The Labute approximate surface area is 42.8 Å². The van der Waals surface area contributed by atoms with E-state index in [0.29, 0.717) is 0 Å². The van der Waals surface area contributed by atoms with Crippen LogP contribution in [-0.4, -0.2) is 4.98 Å². The number of nitrogens with zero attached hydrogens (tertiary/aromatic N) is 1. The van der Waals surface area contributed by atoms with Crippen LogP contribution in [0.3, 0.4) is 0 Å². The van der Waals surface area contributed by atoms with E-state index in [1.165, 1.54) is 5.69 Å². The minimum Gasteiger partial charge on any atom is -0.250 e. The number of hydrogen-bond acceptors (Lipinski definition) is 0. The van der Waals surface area contributed by atoms with Gasteiger partial charge in [-0.25, -0.2) is 9.55 Å². The lowest BCUT2D eigenvalue weighted by atomic mass is 10.5. The third-order valence-corrected chi connectivity index (χ3v) is 1.12. The van der Waals surface area contributed by atoms with E-state index in [2.05, 4.69) is 11.9 Å². The Morgan fingerprint density at radius 1 is 1.71 bits per heavy atom. The maximum Gasteiger partial charge on any atom is 0.241 e. The fourth-order valence-corrected chi connectivity index (χ4v) is 0.473. The standard InChI is InChI=1S/C5H8N2/c1-5-3-6-4-7(5)2/h3-4H,1-2H3/p+1. The van der Waals surface area contributed by atoms with E-state index >= 15 is 0 Å². The Morgan fingerprint density at radius 2 is 2.43 bits per heavy atom. The van der Waals surface area contributed by atoms with Crippen molar-refractivity contribution < 1.29 is 4.57 Å². The number of imidazole rings is 1. The van der Waals surface area contributed by atoms with Crippen LogP contribution in [0.1, 0.15) is 5.69 Å². The van der Waals surface area contributed by atoms with Gasteiger partial charge < -0.3 is 0 Å². The summed E-state index contributed by atoms with van der Waals surface area (Å²) in [4.78, 5) is 2.96. The number of hydrogen-bond donors (Lipinski definition) is 1. The fraction of sp³-hybridized carbons (Fsp3) is 0.400. The van der Waals surface area contributed by atoms with Crippen molar-refractivity contribution in [2.75, 3.05) is 0 Å². The third-order valence-electron chi connectivity index (χ3n) is 1.12. The molecule has 0 aliphatic rings. The molecular weight excluding hydrogens is 88.1 g/mol.